The molecule has 2 heterocycles. The average molecular weight is 488 g/mol. The Kier molecular flexibility index (Phi) is 6.30. The first-order chi connectivity index (χ1) is 16.9. The molecule has 2 aromatic carbocycles. The molecule has 3 amide bonds. The Labute approximate surface area is 210 Å². The smallest absolute Gasteiger partial charge is 0.354 e. The lowest BCUT2D eigenvalue weighted by molar-refractivity contribution is -0.150. The van der Waals surface area contributed by atoms with Gasteiger partial charge in [0.2, 0.25) is 5.91 Å². The maximum Gasteiger partial charge on any atom is 0.354 e. The molecule has 0 radical (unpaired) electrons. The minimum atomic E-state index is -0.762. The topological polar surface area (TPSA) is 96.0 Å². The van der Waals surface area contributed by atoms with Crippen LogP contribution in [0, 0.1) is 0 Å². The highest BCUT2D eigenvalue weighted by molar-refractivity contribution is 6.08. The van der Waals surface area contributed by atoms with Gasteiger partial charge >= 0.3 is 5.97 Å². The maximum atomic E-state index is 13.2. The van der Waals surface area contributed by atoms with Crippen molar-refractivity contribution in [1.29, 1.82) is 0 Å². The van der Waals surface area contributed by atoms with Crippen molar-refractivity contribution in [3.63, 3.8) is 0 Å². The quantitative estimate of drug-likeness (QED) is 0.513. The van der Waals surface area contributed by atoms with Crippen LogP contribution in [-0.2, 0) is 32.1 Å². The number of ether oxygens (including phenoxy) is 1. The van der Waals surface area contributed by atoms with Crippen LogP contribution in [-0.4, -0.2) is 40.7 Å². The number of benzene rings is 2. The molecule has 0 saturated carbocycles. The second-order valence-corrected chi connectivity index (χ2v) is 9.87. The summed E-state index contributed by atoms with van der Waals surface area (Å²) in [4.78, 5) is 53.0. The van der Waals surface area contributed by atoms with E-state index >= 15 is 0 Å². The van der Waals surface area contributed by atoms with Gasteiger partial charge in [0.1, 0.15) is 17.0 Å². The molecule has 0 saturated heterocycles. The van der Waals surface area contributed by atoms with Crippen molar-refractivity contribution in [3.8, 4) is 11.1 Å². The highest BCUT2D eigenvalue weighted by atomic mass is 16.6. The molecule has 4 rings (SSSR count). The van der Waals surface area contributed by atoms with Crippen LogP contribution in [0.4, 0.5) is 5.69 Å². The summed E-state index contributed by atoms with van der Waals surface area (Å²) in [5, 5.41) is 2.38. The number of hydrogen-bond acceptors (Lipinski definition) is 5. The zero-order chi connectivity index (χ0) is 26.4. The van der Waals surface area contributed by atoms with Crippen molar-refractivity contribution < 1.29 is 23.9 Å². The first-order valence-corrected chi connectivity index (χ1v) is 11.6. The van der Waals surface area contributed by atoms with E-state index in [4.69, 9.17) is 4.74 Å². The average Bonchev–Trinajstić information content (AvgIpc) is 3.38. The summed E-state index contributed by atoms with van der Waals surface area (Å²) in [6.07, 6.45) is 0.765. The summed E-state index contributed by atoms with van der Waals surface area (Å²) in [5.74, 6) is -1.81. The number of carbonyl (C=O) groups is 4. The van der Waals surface area contributed by atoms with Crippen molar-refractivity contribution in [2.45, 2.75) is 46.3 Å². The lowest BCUT2D eigenvalue weighted by Crippen LogP contribution is -2.37. The van der Waals surface area contributed by atoms with Crippen LogP contribution < -0.4 is 10.2 Å². The van der Waals surface area contributed by atoms with Gasteiger partial charge in [-0.25, -0.2) is 4.79 Å². The number of fused-ring (bicyclic) bond motifs is 2. The minimum Gasteiger partial charge on any atom is -0.455 e. The Morgan fingerprint density at radius 1 is 1.03 bits per heavy atom. The molecule has 0 atom stereocenters. The van der Waals surface area contributed by atoms with Crippen LogP contribution >= 0.6 is 0 Å². The molecule has 0 spiro atoms. The van der Waals surface area contributed by atoms with Gasteiger partial charge in [0, 0.05) is 24.7 Å². The van der Waals surface area contributed by atoms with E-state index in [0.29, 0.717) is 12.1 Å². The Bertz CT molecular complexity index is 1340. The first kappa shape index (κ1) is 24.9. The molecule has 0 aliphatic carbocycles. The van der Waals surface area contributed by atoms with Gasteiger partial charge in [-0.2, -0.15) is 0 Å². The number of amides is 3. The third-order valence-corrected chi connectivity index (χ3v) is 6.13. The van der Waals surface area contributed by atoms with E-state index in [1.807, 2.05) is 24.3 Å². The van der Waals surface area contributed by atoms with Crippen molar-refractivity contribution >= 4 is 29.4 Å². The highest BCUT2D eigenvalue weighted by Gasteiger charge is 2.34. The SMILES string of the molecule is C=C(NC(=O)C(=C)N1Cc2c(cccc2-c2ccc3c(c2)CCN3C(C)=O)C1=O)C(=O)OC(C)(C)C. The predicted molar refractivity (Wildman–Crippen MR) is 136 cm³/mol. The van der Waals surface area contributed by atoms with Crippen molar-refractivity contribution in [3.05, 3.63) is 77.6 Å². The van der Waals surface area contributed by atoms with E-state index < -0.39 is 17.5 Å². The summed E-state index contributed by atoms with van der Waals surface area (Å²) in [6.45, 7) is 14.8. The molecular formula is C28H29N3O5. The largest absolute Gasteiger partial charge is 0.455 e. The maximum absolute atomic E-state index is 13.2. The van der Waals surface area contributed by atoms with E-state index in [0.717, 1.165) is 34.4 Å². The van der Waals surface area contributed by atoms with Crippen molar-refractivity contribution in [2.24, 2.45) is 0 Å². The van der Waals surface area contributed by atoms with Gasteiger partial charge in [-0.05, 0) is 67.6 Å². The monoisotopic (exact) mass is 487 g/mol. The Balaban J connectivity index is 1.54. The fourth-order valence-corrected chi connectivity index (χ4v) is 4.44. The molecule has 0 aromatic heterocycles. The third kappa shape index (κ3) is 4.66. The zero-order valence-corrected chi connectivity index (χ0v) is 20.9. The fourth-order valence-electron chi connectivity index (χ4n) is 4.44. The first-order valence-electron chi connectivity index (χ1n) is 11.6. The van der Waals surface area contributed by atoms with Crippen LogP contribution in [0.1, 0.15) is 49.2 Å². The summed E-state index contributed by atoms with van der Waals surface area (Å²) < 4.78 is 5.21. The van der Waals surface area contributed by atoms with E-state index in [2.05, 4.69) is 18.5 Å². The molecule has 2 aromatic rings. The molecule has 8 heteroatoms. The molecule has 2 aliphatic heterocycles. The van der Waals surface area contributed by atoms with E-state index in [1.54, 1.807) is 44.7 Å². The minimum absolute atomic E-state index is 0.00878. The van der Waals surface area contributed by atoms with Gasteiger partial charge in [0.05, 0.1) is 6.54 Å². The van der Waals surface area contributed by atoms with Crippen LogP contribution in [0.2, 0.25) is 0 Å². The van der Waals surface area contributed by atoms with Crippen LogP contribution in [0.15, 0.2) is 61.0 Å². The lowest BCUT2D eigenvalue weighted by Gasteiger charge is -2.21. The molecule has 1 N–H and O–H groups in total. The van der Waals surface area contributed by atoms with Crippen molar-refractivity contribution in [1.82, 2.24) is 10.2 Å². The second-order valence-electron chi connectivity index (χ2n) is 9.87. The summed E-state index contributed by atoms with van der Waals surface area (Å²) in [7, 11) is 0. The zero-order valence-electron chi connectivity index (χ0n) is 20.9. The van der Waals surface area contributed by atoms with E-state index in [1.165, 1.54) is 4.90 Å². The van der Waals surface area contributed by atoms with Crippen LogP contribution in [0.3, 0.4) is 0 Å². The number of hydrogen-bond donors (Lipinski definition) is 1. The van der Waals surface area contributed by atoms with Crippen molar-refractivity contribution in [2.75, 3.05) is 11.4 Å². The number of anilines is 1. The molecule has 186 valence electrons. The van der Waals surface area contributed by atoms with Crippen LogP contribution in [0.25, 0.3) is 11.1 Å². The Morgan fingerprint density at radius 3 is 2.39 bits per heavy atom. The van der Waals surface area contributed by atoms with Gasteiger partial charge in [-0.3, -0.25) is 19.3 Å². The molecule has 0 bridgehead atoms. The second kappa shape index (κ2) is 9.11. The molecule has 0 unspecified atom stereocenters. The summed E-state index contributed by atoms with van der Waals surface area (Å²) in [5.41, 5.74) is 3.97. The molecule has 2 aliphatic rings. The fraction of sp³-hybridized carbons (Fsp3) is 0.286. The number of carbonyl (C=O) groups excluding carboxylic acids is 4. The van der Waals surface area contributed by atoms with Gasteiger partial charge in [-0.1, -0.05) is 31.4 Å². The normalized spacial score (nSPS) is 14.3. The Hall–Kier alpha value is -4.20. The van der Waals surface area contributed by atoms with Gasteiger partial charge in [0.25, 0.3) is 11.8 Å². The molecule has 0 fully saturated rings. The van der Waals surface area contributed by atoms with Gasteiger partial charge in [0.15, 0.2) is 0 Å². The standard InChI is InChI=1S/C28H29N3O5/c1-16(27(35)36-28(4,5)6)29-25(33)17(2)31-15-23-21(8-7-9-22(23)26(31)34)19-10-11-24-20(14-19)12-13-30(24)18(3)32/h7-11,14H,1-2,12-13,15H2,3-6H3,(H,29,33). The van der Waals surface area contributed by atoms with Gasteiger partial charge < -0.3 is 15.0 Å². The van der Waals surface area contributed by atoms with E-state index in [9.17, 15) is 19.2 Å². The number of nitrogens with one attached hydrogen (secondary N) is 1. The predicted octanol–water partition coefficient (Wildman–Crippen LogP) is 3.70. The number of esters is 1. The lowest BCUT2D eigenvalue weighted by atomic mass is 9.95. The Morgan fingerprint density at radius 2 is 1.72 bits per heavy atom. The van der Waals surface area contributed by atoms with Gasteiger partial charge in [-0.15, -0.1) is 0 Å². The molecule has 36 heavy (non-hydrogen) atoms. The van der Waals surface area contributed by atoms with E-state index in [-0.39, 0.29) is 29.8 Å². The third-order valence-electron chi connectivity index (χ3n) is 6.13. The number of rotatable bonds is 5. The molecule has 8 nitrogen and oxygen atoms in total. The number of nitrogens with zero attached hydrogens (tertiary/aromatic N) is 2. The van der Waals surface area contributed by atoms with Crippen LogP contribution in [0.5, 0.6) is 0 Å². The summed E-state index contributed by atoms with van der Waals surface area (Å²) >= 11 is 0. The highest BCUT2D eigenvalue weighted by Crippen LogP contribution is 2.37. The summed E-state index contributed by atoms with van der Waals surface area (Å²) in [6, 6.07) is 11.4. The molecular weight excluding hydrogens is 458 g/mol.